The number of likely N-dealkylation sites (tertiary alicyclic amines) is 1. The van der Waals surface area contributed by atoms with Gasteiger partial charge >= 0.3 is 12.1 Å². The highest BCUT2D eigenvalue weighted by Crippen LogP contribution is 2.45. The second-order valence-electron chi connectivity index (χ2n) is 9.01. The zero-order valence-corrected chi connectivity index (χ0v) is 17.9. The quantitative estimate of drug-likeness (QED) is 0.727. The lowest BCUT2D eigenvalue weighted by atomic mass is 9.97. The molecular weight excluding hydrogens is 388 g/mol. The zero-order valence-electron chi connectivity index (χ0n) is 17.9. The molecule has 1 unspecified atom stereocenters. The van der Waals surface area contributed by atoms with Crippen LogP contribution in [0.15, 0.2) is 24.3 Å². The summed E-state index contributed by atoms with van der Waals surface area (Å²) < 4.78 is 10.2. The van der Waals surface area contributed by atoms with Gasteiger partial charge in [-0.15, -0.1) is 0 Å². The molecule has 0 aromatic heterocycles. The number of carbonyl (C=O) groups excluding carboxylic acids is 3. The van der Waals surface area contributed by atoms with Crippen molar-refractivity contribution < 1.29 is 29.0 Å². The first-order valence-electron chi connectivity index (χ1n) is 10.2. The third-order valence-corrected chi connectivity index (χ3v) is 5.48. The minimum atomic E-state index is -0.796. The van der Waals surface area contributed by atoms with E-state index < -0.39 is 35.3 Å². The fourth-order valence-electron chi connectivity index (χ4n) is 3.71. The van der Waals surface area contributed by atoms with E-state index >= 15 is 0 Å². The number of hydrogen-bond donors (Lipinski definition) is 2. The molecule has 0 radical (unpaired) electrons. The number of carbonyl (C=O) groups is 3. The molecule has 0 spiro atoms. The fraction of sp³-hybridized carbons (Fsp3) is 0.591. The average molecular weight is 418 g/mol. The topological polar surface area (TPSA) is 105 Å². The summed E-state index contributed by atoms with van der Waals surface area (Å²) >= 11 is 0. The summed E-state index contributed by atoms with van der Waals surface area (Å²) in [4.78, 5) is 38.8. The molecule has 164 valence electrons. The van der Waals surface area contributed by atoms with Crippen LogP contribution in [0.2, 0.25) is 0 Å². The summed E-state index contributed by atoms with van der Waals surface area (Å²) in [5.74, 6) is -0.728. The highest BCUT2D eigenvalue weighted by atomic mass is 16.6. The van der Waals surface area contributed by atoms with Crippen LogP contribution in [0, 0.1) is 0 Å². The Balaban J connectivity index is 1.73. The summed E-state index contributed by atoms with van der Waals surface area (Å²) in [7, 11) is 1.33. The van der Waals surface area contributed by atoms with E-state index in [0.29, 0.717) is 12.0 Å². The Bertz CT molecular complexity index is 810. The van der Waals surface area contributed by atoms with Gasteiger partial charge in [0.25, 0.3) is 0 Å². The van der Waals surface area contributed by atoms with Gasteiger partial charge in [0.15, 0.2) is 0 Å². The van der Waals surface area contributed by atoms with Gasteiger partial charge in [-0.3, -0.25) is 9.69 Å². The maximum Gasteiger partial charge on any atom is 0.410 e. The number of rotatable bonds is 4. The molecule has 1 saturated heterocycles. The monoisotopic (exact) mass is 418 g/mol. The second kappa shape index (κ2) is 8.26. The number of aliphatic hydroxyl groups excluding tert-OH is 1. The first kappa shape index (κ1) is 22.1. The Morgan fingerprint density at radius 2 is 1.80 bits per heavy atom. The third kappa shape index (κ3) is 4.92. The summed E-state index contributed by atoms with van der Waals surface area (Å²) in [5, 5.41) is 13.2. The molecule has 1 aliphatic heterocycles. The largest absolute Gasteiger partial charge is 0.465 e. The number of amides is 2. The highest BCUT2D eigenvalue weighted by Gasteiger charge is 2.48. The molecule has 8 nitrogen and oxygen atoms in total. The first-order chi connectivity index (χ1) is 14.0. The fourth-order valence-corrected chi connectivity index (χ4v) is 3.71. The zero-order chi connectivity index (χ0) is 22.1. The van der Waals surface area contributed by atoms with E-state index in [2.05, 4.69) is 5.32 Å². The van der Waals surface area contributed by atoms with E-state index in [0.717, 1.165) is 18.4 Å². The predicted molar refractivity (Wildman–Crippen MR) is 109 cm³/mol. The Kier molecular flexibility index (Phi) is 6.08. The number of nitrogens with one attached hydrogen (secondary N) is 1. The summed E-state index contributed by atoms with van der Waals surface area (Å²) in [6.45, 7) is 5.58. The van der Waals surface area contributed by atoms with Crippen molar-refractivity contribution in [1.82, 2.24) is 10.2 Å². The summed E-state index contributed by atoms with van der Waals surface area (Å²) in [6, 6.07) is 6.16. The van der Waals surface area contributed by atoms with E-state index in [-0.39, 0.29) is 18.9 Å². The van der Waals surface area contributed by atoms with Crippen molar-refractivity contribution in [3.05, 3.63) is 35.4 Å². The van der Waals surface area contributed by atoms with Crippen LogP contribution in [0.5, 0.6) is 0 Å². The van der Waals surface area contributed by atoms with E-state index in [1.54, 1.807) is 45.0 Å². The van der Waals surface area contributed by atoms with Crippen LogP contribution in [0.3, 0.4) is 0 Å². The van der Waals surface area contributed by atoms with E-state index in [9.17, 15) is 19.5 Å². The van der Waals surface area contributed by atoms with Crippen LogP contribution in [0.4, 0.5) is 4.79 Å². The number of ether oxygens (including phenoxy) is 2. The normalized spacial score (nSPS) is 22.8. The van der Waals surface area contributed by atoms with Crippen molar-refractivity contribution in [2.75, 3.05) is 13.7 Å². The van der Waals surface area contributed by atoms with Crippen molar-refractivity contribution in [3.63, 3.8) is 0 Å². The number of piperidine rings is 1. The van der Waals surface area contributed by atoms with Gasteiger partial charge in [-0.1, -0.05) is 12.1 Å². The maximum atomic E-state index is 13.1. The van der Waals surface area contributed by atoms with Crippen LogP contribution in [0.1, 0.15) is 62.4 Å². The Morgan fingerprint density at radius 3 is 2.33 bits per heavy atom. The SMILES string of the molecule is COC(=O)c1ccc(C2(NC(=O)[C@H]3CC(O)CCN3C(=O)OC(C)(C)C)CC2)cc1. The molecule has 2 amide bonds. The molecule has 8 heteroatoms. The van der Waals surface area contributed by atoms with Crippen LogP contribution in [-0.2, 0) is 19.8 Å². The maximum absolute atomic E-state index is 13.1. The van der Waals surface area contributed by atoms with E-state index in [4.69, 9.17) is 9.47 Å². The van der Waals surface area contributed by atoms with Gasteiger partial charge in [0.1, 0.15) is 11.6 Å². The highest BCUT2D eigenvalue weighted by molar-refractivity contribution is 5.89. The number of nitrogens with zero attached hydrogens (tertiary/aromatic N) is 1. The van der Waals surface area contributed by atoms with Gasteiger partial charge in [-0.2, -0.15) is 0 Å². The number of hydrogen-bond acceptors (Lipinski definition) is 6. The van der Waals surface area contributed by atoms with E-state index in [1.165, 1.54) is 12.0 Å². The smallest absolute Gasteiger partial charge is 0.410 e. The van der Waals surface area contributed by atoms with Gasteiger partial charge in [0.2, 0.25) is 5.91 Å². The number of methoxy groups -OCH3 is 1. The lowest BCUT2D eigenvalue weighted by molar-refractivity contribution is -0.130. The first-order valence-corrected chi connectivity index (χ1v) is 10.2. The molecule has 2 fully saturated rings. The molecule has 0 bridgehead atoms. The molecule has 1 aromatic carbocycles. The van der Waals surface area contributed by atoms with Crippen LogP contribution in [-0.4, -0.2) is 59.4 Å². The van der Waals surface area contributed by atoms with Crippen LogP contribution < -0.4 is 5.32 Å². The van der Waals surface area contributed by atoms with Gasteiger partial charge in [-0.25, -0.2) is 9.59 Å². The summed E-state index contributed by atoms with van der Waals surface area (Å²) in [5.41, 5.74) is 0.139. The number of aliphatic hydroxyl groups is 1. The molecule has 3 rings (SSSR count). The molecule has 30 heavy (non-hydrogen) atoms. The Morgan fingerprint density at radius 1 is 1.17 bits per heavy atom. The van der Waals surface area contributed by atoms with Crippen molar-refractivity contribution in [3.8, 4) is 0 Å². The molecule has 1 saturated carbocycles. The van der Waals surface area contributed by atoms with Crippen molar-refractivity contribution >= 4 is 18.0 Å². The molecule has 2 N–H and O–H groups in total. The predicted octanol–water partition coefficient (Wildman–Crippen LogP) is 2.34. The molecule has 1 heterocycles. The van der Waals surface area contributed by atoms with Crippen molar-refractivity contribution in [2.45, 2.75) is 69.7 Å². The van der Waals surface area contributed by atoms with Gasteiger partial charge in [0, 0.05) is 13.0 Å². The molecule has 1 aromatic rings. The molecular formula is C22H30N2O6. The van der Waals surface area contributed by atoms with Gasteiger partial charge in [0.05, 0.1) is 24.3 Å². The standard InChI is InChI=1S/C22H30N2O6/c1-21(2,3)30-20(28)24-12-9-16(25)13-17(24)18(26)23-22(10-11-22)15-7-5-14(6-8-15)19(27)29-4/h5-8,16-17,25H,9-13H2,1-4H3,(H,23,26)/t16?,17-/m1/s1. The molecule has 2 atom stereocenters. The van der Waals surface area contributed by atoms with Crippen LogP contribution in [0.25, 0.3) is 0 Å². The van der Waals surface area contributed by atoms with Gasteiger partial charge in [-0.05, 0) is 57.7 Å². The third-order valence-electron chi connectivity index (χ3n) is 5.48. The number of benzene rings is 1. The molecule has 1 aliphatic carbocycles. The second-order valence-corrected chi connectivity index (χ2v) is 9.01. The van der Waals surface area contributed by atoms with Crippen molar-refractivity contribution in [2.24, 2.45) is 0 Å². The molecule has 2 aliphatic rings. The Hall–Kier alpha value is -2.61. The lowest BCUT2D eigenvalue weighted by Crippen LogP contribution is -2.57. The number of esters is 1. The Labute approximate surface area is 176 Å². The summed E-state index contributed by atoms with van der Waals surface area (Å²) in [6.07, 6.45) is 0.900. The minimum Gasteiger partial charge on any atom is -0.465 e. The van der Waals surface area contributed by atoms with E-state index in [1.807, 2.05) is 0 Å². The van der Waals surface area contributed by atoms with Crippen LogP contribution >= 0.6 is 0 Å². The minimum absolute atomic E-state index is 0.169. The van der Waals surface area contributed by atoms with Crippen molar-refractivity contribution in [1.29, 1.82) is 0 Å². The van der Waals surface area contributed by atoms with Gasteiger partial charge < -0.3 is 19.9 Å². The average Bonchev–Trinajstić information content (AvgIpc) is 3.46. The lowest BCUT2D eigenvalue weighted by Gasteiger charge is -2.38.